The van der Waals surface area contributed by atoms with Crippen LogP contribution in [0.3, 0.4) is 0 Å². The van der Waals surface area contributed by atoms with Crippen molar-refractivity contribution in [2.75, 3.05) is 17.6 Å². The van der Waals surface area contributed by atoms with E-state index in [0.717, 1.165) is 12.1 Å². The second-order valence-corrected chi connectivity index (χ2v) is 8.91. The van der Waals surface area contributed by atoms with Gasteiger partial charge in [-0.1, -0.05) is 28.4 Å². The third-order valence-electron chi connectivity index (χ3n) is 4.11. The van der Waals surface area contributed by atoms with Crippen molar-refractivity contribution in [3.05, 3.63) is 75.7 Å². The Hall–Kier alpha value is -3.09. The molecular formula is C19H14Cl2F3N5O3S. The molecule has 3 aromatic rings. The van der Waals surface area contributed by atoms with Crippen LogP contribution in [-0.2, 0) is 21.0 Å². The number of aromatic nitrogens is 2. The summed E-state index contributed by atoms with van der Waals surface area (Å²) in [6.45, 7) is 0. The first-order valence-electron chi connectivity index (χ1n) is 8.81. The smallest absolute Gasteiger partial charge is 0.399 e. The zero-order chi connectivity index (χ0) is 24.4. The summed E-state index contributed by atoms with van der Waals surface area (Å²) in [5.74, 6) is 0.147. The van der Waals surface area contributed by atoms with E-state index in [-0.39, 0.29) is 27.9 Å². The van der Waals surface area contributed by atoms with Crippen LogP contribution in [0.25, 0.3) is 0 Å². The van der Waals surface area contributed by atoms with Crippen molar-refractivity contribution in [3.63, 3.8) is 0 Å². The van der Waals surface area contributed by atoms with Crippen LogP contribution in [0.4, 0.5) is 24.7 Å². The first-order chi connectivity index (χ1) is 15.4. The van der Waals surface area contributed by atoms with Gasteiger partial charge >= 0.3 is 6.18 Å². The summed E-state index contributed by atoms with van der Waals surface area (Å²) < 4.78 is 67.7. The molecule has 3 N–H and O–H groups in total. The molecule has 2 aromatic heterocycles. The predicted octanol–water partition coefficient (Wildman–Crippen LogP) is 4.58. The average molecular weight is 520 g/mol. The minimum absolute atomic E-state index is 0.0274. The summed E-state index contributed by atoms with van der Waals surface area (Å²) in [5.41, 5.74) is 4.66. The lowest BCUT2D eigenvalue weighted by Crippen LogP contribution is -2.18. The van der Waals surface area contributed by atoms with Crippen LogP contribution < -0.4 is 10.5 Å². The monoisotopic (exact) mass is 519 g/mol. The number of rotatable bonds is 6. The van der Waals surface area contributed by atoms with Crippen LogP contribution in [0.1, 0.15) is 16.8 Å². The van der Waals surface area contributed by atoms with Crippen LogP contribution in [0.15, 0.2) is 58.8 Å². The summed E-state index contributed by atoms with van der Waals surface area (Å²) in [5, 5.41) is 3.29. The zero-order valence-electron chi connectivity index (χ0n) is 16.6. The molecule has 174 valence electrons. The molecule has 0 aliphatic rings. The van der Waals surface area contributed by atoms with Crippen molar-refractivity contribution in [2.45, 2.75) is 11.1 Å². The molecule has 0 radical (unpaired) electrons. The number of anilines is 2. The number of alkyl halides is 3. The fraction of sp³-hybridized carbons (Fsp3) is 0.105. The Kier molecular flexibility index (Phi) is 7.00. The van der Waals surface area contributed by atoms with Crippen molar-refractivity contribution in [2.24, 2.45) is 5.16 Å². The van der Waals surface area contributed by atoms with Gasteiger partial charge in [0, 0.05) is 18.0 Å². The fourth-order valence-corrected chi connectivity index (χ4v) is 4.18. The Bertz CT molecular complexity index is 1330. The average Bonchev–Trinajstić information content (AvgIpc) is 2.71. The quantitative estimate of drug-likeness (QED) is 0.363. The molecule has 3 rings (SSSR count). The van der Waals surface area contributed by atoms with Gasteiger partial charge in [-0.05, 0) is 36.4 Å². The van der Waals surface area contributed by atoms with Crippen molar-refractivity contribution in [1.29, 1.82) is 0 Å². The maximum absolute atomic E-state index is 13.2. The van der Waals surface area contributed by atoms with E-state index in [1.807, 2.05) is 0 Å². The Morgan fingerprint density at radius 2 is 1.88 bits per heavy atom. The van der Waals surface area contributed by atoms with Crippen LogP contribution >= 0.6 is 23.2 Å². The van der Waals surface area contributed by atoms with Crippen LogP contribution in [0.5, 0.6) is 0 Å². The molecule has 0 saturated carbocycles. The second kappa shape index (κ2) is 9.41. The molecule has 0 bridgehead atoms. The van der Waals surface area contributed by atoms with Crippen molar-refractivity contribution >= 4 is 50.4 Å². The Morgan fingerprint density at radius 3 is 2.52 bits per heavy atom. The van der Waals surface area contributed by atoms with Gasteiger partial charge in [-0.2, -0.15) is 13.2 Å². The molecule has 8 nitrogen and oxygen atoms in total. The third kappa shape index (κ3) is 5.64. The highest BCUT2D eigenvalue weighted by atomic mass is 35.5. The van der Waals surface area contributed by atoms with Crippen LogP contribution in [0.2, 0.25) is 10.0 Å². The normalized spacial score (nSPS) is 12.5. The highest BCUT2D eigenvalue weighted by molar-refractivity contribution is 7.92. The number of hydrogen-bond acceptors (Lipinski definition) is 7. The van der Waals surface area contributed by atoms with Gasteiger partial charge in [-0.3, -0.25) is 9.71 Å². The van der Waals surface area contributed by atoms with Gasteiger partial charge in [0.1, 0.15) is 24.3 Å². The Balaban J connectivity index is 2.12. The lowest BCUT2D eigenvalue weighted by atomic mass is 10.1. The molecule has 0 saturated heterocycles. The third-order valence-corrected chi connectivity index (χ3v) is 6.01. The molecule has 0 aliphatic carbocycles. The maximum atomic E-state index is 13.2. The van der Waals surface area contributed by atoms with Crippen LogP contribution in [0, 0.1) is 0 Å². The van der Waals surface area contributed by atoms with E-state index in [9.17, 15) is 21.6 Å². The highest BCUT2D eigenvalue weighted by Gasteiger charge is 2.34. The highest BCUT2D eigenvalue weighted by Crippen LogP contribution is 2.36. The van der Waals surface area contributed by atoms with Gasteiger partial charge < -0.3 is 10.6 Å². The first-order valence-corrected chi connectivity index (χ1v) is 11.0. The largest absolute Gasteiger partial charge is 0.417 e. The molecule has 0 aliphatic heterocycles. The topological polar surface area (TPSA) is 120 Å². The number of sulfonamides is 1. The minimum Gasteiger partial charge on any atom is -0.399 e. The van der Waals surface area contributed by atoms with E-state index in [2.05, 4.69) is 19.8 Å². The van der Waals surface area contributed by atoms with Gasteiger partial charge in [0.15, 0.2) is 0 Å². The Morgan fingerprint density at radius 1 is 1.15 bits per heavy atom. The molecule has 2 heterocycles. The van der Waals surface area contributed by atoms with E-state index in [1.54, 1.807) is 0 Å². The molecule has 14 heteroatoms. The lowest BCUT2D eigenvalue weighted by molar-refractivity contribution is -0.137. The SMILES string of the molecule is CO/N=C(/c1ccnc(N)c1)c1ncc(Cl)cc1NS(=O)(=O)c1ccc(Cl)c(C(F)(F)F)c1. The van der Waals surface area contributed by atoms with E-state index < -0.39 is 31.7 Å². The number of nitrogens with two attached hydrogens (primary N) is 1. The number of benzene rings is 1. The molecule has 0 amide bonds. The summed E-state index contributed by atoms with van der Waals surface area (Å²) >= 11 is 11.6. The molecule has 0 atom stereocenters. The van der Waals surface area contributed by atoms with Crippen molar-refractivity contribution in [3.8, 4) is 0 Å². The summed E-state index contributed by atoms with van der Waals surface area (Å²) in [4.78, 5) is 12.2. The molecule has 0 spiro atoms. The van der Waals surface area contributed by atoms with Gasteiger partial charge in [-0.25, -0.2) is 13.4 Å². The summed E-state index contributed by atoms with van der Waals surface area (Å²) in [6.07, 6.45) is -2.23. The first kappa shape index (κ1) is 24.6. The van der Waals surface area contributed by atoms with Crippen LogP contribution in [-0.4, -0.2) is 31.2 Å². The number of oxime groups is 1. The predicted molar refractivity (Wildman–Crippen MR) is 118 cm³/mol. The standard InChI is InChI=1S/C19H14Cl2F3N5O3S/c1-32-28-17(10-4-5-26-16(25)6-10)18-15(7-11(20)9-27-18)29-33(30,31)12-2-3-14(21)13(8-12)19(22,23)24/h2-9,29H,1H3,(H2,25,26)/b28-17-. The van der Waals surface area contributed by atoms with Gasteiger partial charge in [-0.15, -0.1) is 0 Å². The van der Waals surface area contributed by atoms with E-state index >= 15 is 0 Å². The minimum atomic E-state index is -4.86. The molecule has 1 aromatic carbocycles. The molecular weight excluding hydrogens is 506 g/mol. The van der Waals surface area contributed by atoms with Crippen molar-refractivity contribution < 1.29 is 26.4 Å². The number of nitrogens with zero attached hydrogens (tertiary/aromatic N) is 3. The summed E-state index contributed by atoms with van der Waals surface area (Å²) in [7, 11) is -3.27. The zero-order valence-corrected chi connectivity index (χ0v) is 18.9. The summed E-state index contributed by atoms with van der Waals surface area (Å²) in [6, 6.07) is 6.39. The number of pyridine rings is 2. The maximum Gasteiger partial charge on any atom is 0.417 e. The number of halogens is 5. The Labute approximate surface area is 196 Å². The molecule has 0 fully saturated rings. The van der Waals surface area contributed by atoms with E-state index in [0.29, 0.717) is 11.6 Å². The van der Waals surface area contributed by atoms with Gasteiger partial charge in [0.25, 0.3) is 10.0 Å². The molecule has 0 unspecified atom stereocenters. The number of nitrogens with one attached hydrogen (secondary N) is 1. The van der Waals surface area contributed by atoms with Crippen molar-refractivity contribution in [1.82, 2.24) is 9.97 Å². The second-order valence-electron chi connectivity index (χ2n) is 6.39. The number of nitrogen functional groups attached to an aromatic ring is 1. The van der Waals surface area contributed by atoms with E-state index in [1.165, 1.54) is 37.7 Å². The number of hydrogen-bond donors (Lipinski definition) is 2. The van der Waals surface area contributed by atoms with E-state index in [4.69, 9.17) is 33.8 Å². The van der Waals surface area contributed by atoms with Gasteiger partial charge in [0.2, 0.25) is 0 Å². The fourth-order valence-electron chi connectivity index (χ4n) is 2.72. The van der Waals surface area contributed by atoms with Gasteiger partial charge in [0.05, 0.1) is 26.2 Å². The molecule has 33 heavy (non-hydrogen) atoms. The lowest BCUT2D eigenvalue weighted by Gasteiger charge is -2.15.